The molecule has 1 aliphatic heterocycles. The molecule has 0 radical (unpaired) electrons. The van der Waals surface area contributed by atoms with E-state index in [0.29, 0.717) is 25.0 Å². The SMILES string of the molecule is O=C(NCc1nc2ccccc2s1)c1cc2cc(C3(O)CCN(Cc4ccccc4)CC3)ccc2o1. The predicted molar refractivity (Wildman–Crippen MR) is 142 cm³/mol. The minimum absolute atomic E-state index is 0.257. The predicted octanol–water partition coefficient (Wildman–Crippen LogP) is 5.46. The maximum Gasteiger partial charge on any atom is 0.287 e. The maximum absolute atomic E-state index is 12.8. The smallest absolute Gasteiger partial charge is 0.287 e. The maximum atomic E-state index is 12.8. The zero-order chi connectivity index (χ0) is 24.5. The van der Waals surface area contributed by atoms with Crippen molar-refractivity contribution in [2.75, 3.05) is 13.1 Å². The van der Waals surface area contributed by atoms with E-state index in [1.54, 1.807) is 17.4 Å². The lowest BCUT2D eigenvalue weighted by atomic mass is 9.84. The van der Waals surface area contributed by atoms with Crippen molar-refractivity contribution in [1.82, 2.24) is 15.2 Å². The van der Waals surface area contributed by atoms with Gasteiger partial charge < -0.3 is 14.8 Å². The molecule has 7 heteroatoms. The lowest BCUT2D eigenvalue weighted by Gasteiger charge is -2.38. The number of furan rings is 1. The van der Waals surface area contributed by atoms with Gasteiger partial charge in [-0.3, -0.25) is 9.69 Å². The van der Waals surface area contributed by atoms with Crippen LogP contribution in [0.25, 0.3) is 21.2 Å². The molecule has 0 atom stereocenters. The number of rotatable bonds is 6. The van der Waals surface area contributed by atoms with E-state index >= 15 is 0 Å². The van der Waals surface area contributed by atoms with Crippen molar-refractivity contribution < 1.29 is 14.3 Å². The van der Waals surface area contributed by atoms with Crippen LogP contribution in [0.4, 0.5) is 0 Å². The Kier molecular flexibility index (Phi) is 6.05. The Morgan fingerprint density at radius 3 is 2.61 bits per heavy atom. The lowest BCUT2D eigenvalue weighted by molar-refractivity contribution is -0.0276. The molecule has 36 heavy (non-hydrogen) atoms. The Morgan fingerprint density at radius 1 is 1.03 bits per heavy atom. The summed E-state index contributed by atoms with van der Waals surface area (Å²) in [6.07, 6.45) is 1.33. The van der Waals surface area contributed by atoms with Crippen LogP contribution in [0.15, 0.2) is 83.3 Å². The van der Waals surface area contributed by atoms with Crippen LogP contribution < -0.4 is 5.32 Å². The third kappa shape index (κ3) is 4.65. The van der Waals surface area contributed by atoms with Crippen LogP contribution >= 0.6 is 11.3 Å². The Morgan fingerprint density at radius 2 is 1.81 bits per heavy atom. The number of para-hydroxylation sites is 1. The first-order valence-corrected chi connectivity index (χ1v) is 13.0. The average molecular weight is 498 g/mol. The number of amides is 1. The number of aromatic nitrogens is 1. The van der Waals surface area contributed by atoms with Crippen molar-refractivity contribution in [2.24, 2.45) is 0 Å². The van der Waals surface area contributed by atoms with Gasteiger partial charge >= 0.3 is 0 Å². The number of nitrogens with zero attached hydrogens (tertiary/aromatic N) is 2. The molecule has 6 nitrogen and oxygen atoms in total. The number of carbonyl (C=O) groups excluding carboxylic acids is 1. The van der Waals surface area contributed by atoms with Crippen LogP contribution in [0.3, 0.4) is 0 Å². The largest absolute Gasteiger partial charge is 0.451 e. The molecule has 0 bridgehead atoms. The van der Waals surface area contributed by atoms with Gasteiger partial charge in [-0.2, -0.15) is 0 Å². The molecule has 1 aliphatic rings. The second kappa shape index (κ2) is 9.50. The van der Waals surface area contributed by atoms with Gasteiger partial charge in [0.25, 0.3) is 5.91 Å². The minimum Gasteiger partial charge on any atom is -0.451 e. The highest BCUT2D eigenvalue weighted by molar-refractivity contribution is 7.18. The molecule has 6 rings (SSSR count). The second-order valence-electron chi connectivity index (χ2n) is 9.41. The van der Waals surface area contributed by atoms with Gasteiger partial charge in [-0.1, -0.05) is 48.5 Å². The molecule has 2 N–H and O–H groups in total. The van der Waals surface area contributed by atoms with E-state index in [1.165, 1.54) is 5.56 Å². The number of piperidine rings is 1. The molecule has 1 saturated heterocycles. The molecule has 182 valence electrons. The molecule has 0 unspecified atom stereocenters. The van der Waals surface area contributed by atoms with E-state index in [4.69, 9.17) is 4.42 Å². The number of hydrogen-bond acceptors (Lipinski definition) is 6. The Bertz CT molecular complexity index is 1480. The topological polar surface area (TPSA) is 78.6 Å². The Balaban J connectivity index is 1.12. The van der Waals surface area contributed by atoms with E-state index < -0.39 is 5.60 Å². The van der Waals surface area contributed by atoms with Gasteiger partial charge in [0, 0.05) is 25.0 Å². The number of nitrogens with one attached hydrogen (secondary N) is 1. The van der Waals surface area contributed by atoms with E-state index in [9.17, 15) is 9.90 Å². The Hall–Kier alpha value is -3.52. The van der Waals surface area contributed by atoms with Crippen LogP contribution in [0.5, 0.6) is 0 Å². The summed E-state index contributed by atoms with van der Waals surface area (Å²) in [5.74, 6) is -0.0205. The molecule has 0 spiro atoms. The molecule has 5 aromatic rings. The molecule has 1 fully saturated rings. The van der Waals surface area contributed by atoms with Gasteiger partial charge in [0.05, 0.1) is 22.4 Å². The minimum atomic E-state index is -0.881. The van der Waals surface area contributed by atoms with Crippen molar-refractivity contribution in [3.63, 3.8) is 0 Å². The number of benzene rings is 3. The van der Waals surface area contributed by atoms with Crippen molar-refractivity contribution in [1.29, 1.82) is 0 Å². The summed E-state index contributed by atoms with van der Waals surface area (Å²) in [5.41, 5.74) is 2.85. The van der Waals surface area contributed by atoms with Gasteiger partial charge in [-0.15, -0.1) is 11.3 Å². The van der Waals surface area contributed by atoms with Crippen molar-refractivity contribution >= 4 is 38.4 Å². The van der Waals surface area contributed by atoms with E-state index in [2.05, 4.69) is 39.5 Å². The summed E-state index contributed by atoms with van der Waals surface area (Å²) in [5, 5.41) is 16.0. The van der Waals surface area contributed by atoms with E-state index in [-0.39, 0.29) is 11.7 Å². The fraction of sp³-hybridized carbons (Fsp3) is 0.241. The summed E-state index contributed by atoms with van der Waals surface area (Å²) >= 11 is 1.57. The summed E-state index contributed by atoms with van der Waals surface area (Å²) < 4.78 is 6.92. The zero-order valence-corrected chi connectivity index (χ0v) is 20.6. The molecule has 3 heterocycles. The third-order valence-corrected chi connectivity index (χ3v) is 7.98. The number of hydrogen-bond donors (Lipinski definition) is 2. The second-order valence-corrected chi connectivity index (χ2v) is 10.5. The normalized spacial score (nSPS) is 15.9. The summed E-state index contributed by atoms with van der Waals surface area (Å²) in [6, 6.07) is 25.8. The monoisotopic (exact) mass is 497 g/mol. The Labute approximate surface area is 213 Å². The van der Waals surface area contributed by atoms with Gasteiger partial charge in [-0.05, 0) is 54.3 Å². The number of aliphatic hydroxyl groups is 1. The average Bonchev–Trinajstić information content (AvgIpc) is 3.53. The van der Waals surface area contributed by atoms with Crippen LogP contribution in [0.1, 0.15) is 39.5 Å². The van der Waals surface area contributed by atoms with Crippen LogP contribution in [-0.4, -0.2) is 34.0 Å². The standard InChI is InChI=1S/C29H27N3O3S/c33-28(30-18-27-31-23-8-4-5-9-26(23)36-27)25-17-21-16-22(10-11-24(21)35-25)29(34)12-14-32(15-13-29)19-20-6-2-1-3-7-20/h1-11,16-17,34H,12-15,18-19H2,(H,30,33). The first-order valence-electron chi connectivity index (χ1n) is 12.2. The fourth-order valence-corrected chi connectivity index (χ4v) is 5.80. The van der Waals surface area contributed by atoms with E-state index in [0.717, 1.165) is 45.8 Å². The summed E-state index contributed by atoms with van der Waals surface area (Å²) in [7, 11) is 0. The molecular formula is C29H27N3O3S. The quantitative estimate of drug-likeness (QED) is 0.326. The molecule has 2 aromatic heterocycles. The van der Waals surface area contributed by atoms with Crippen molar-refractivity contribution in [3.8, 4) is 0 Å². The highest BCUT2D eigenvalue weighted by atomic mass is 32.1. The first-order chi connectivity index (χ1) is 17.6. The summed E-state index contributed by atoms with van der Waals surface area (Å²) in [6.45, 7) is 2.90. The third-order valence-electron chi connectivity index (χ3n) is 6.95. The zero-order valence-electron chi connectivity index (χ0n) is 19.8. The molecular weight excluding hydrogens is 470 g/mol. The van der Waals surface area contributed by atoms with Crippen LogP contribution in [-0.2, 0) is 18.7 Å². The van der Waals surface area contributed by atoms with Crippen molar-refractivity contribution in [3.05, 3.63) is 101 Å². The number of fused-ring (bicyclic) bond motifs is 2. The number of carbonyl (C=O) groups is 1. The fourth-order valence-electron chi connectivity index (χ4n) is 4.89. The lowest BCUT2D eigenvalue weighted by Crippen LogP contribution is -2.42. The van der Waals surface area contributed by atoms with Gasteiger partial charge in [0.15, 0.2) is 5.76 Å². The summed E-state index contributed by atoms with van der Waals surface area (Å²) in [4.78, 5) is 19.7. The molecule has 0 aliphatic carbocycles. The van der Waals surface area contributed by atoms with E-state index in [1.807, 2.05) is 48.5 Å². The first kappa shape index (κ1) is 22.9. The number of thiazole rings is 1. The number of likely N-dealkylation sites (tertiary alicyclic amines) is 1. The van der Waals surface area contributed by atoms with Gasteiger partial charge in [0.2, 0.25) is 0 Å². The van der Waals surface area contributed by atoms with Crippen LogP contribution in [0, 0.1) is 0 Å². The highest BCUT2D eigenvalue weighted by Crippen LogP contribution is 2.35. The molecule has 1 amide bonds. The van der Waals surface area contributed by atoms with Gasteiger partial charge in [-0.25, -0.2) is 4.98 Å². The molecule has 3 aromatic carbocycles. The van der Waals surface area contributed by atoms with Crippen molar-refractivity contribution in [2.45, 2.75) is 31.5 Å². The van der Waals surface area contributed by atoms with Crippen LogP contribution in [0.2, 0.25) is 0 Å². The molecule has 0 saturated carbocycles. The van der Waals surface area contributed by atoms with Gasteiger partial charge in [0.1, 0.15) is 10.6 Å². The highest BCUT2D eigenvalue weighted by Gasteiger charge is 2.34.